The van der Waals surface area contributed by atoms with E-state index in [-0.39, 0.29) is 11.8 Å². The molecule has 0 atom stereocenters. The summed E-state index contributed by atoms with van der Waals surface area (Å²) in [6.07, 6.45) is 0.0354. The average Bonchev–Trinajstić information content (AvgIpc) is 2.58. The summed E-state index contributed by atoms with van der Waals surface area (Å²) in [7, 11) is 0. The van der Waals surface area contributed by atoms with Crippen molar-refractivity contribution < 1.29 is 9.90 Å². The Balaban J connectivity index is 2.48. The maximum Gasteiger partial charge on any atom is 0.307 e. The van der Waals surface area contributed by atoms with Gasteiger partial charge in [-0.2, -0.15) is 5.10 Å². The predicted octanol–water partition coefficient (Wildman–Crippen LogP) is 2.49. The molecule has 2 aromatic rings. The highest BCUT2D eigenvalue weighted by atomic mass is 16.4. The zero-order chi connectivity index (χ0) is 12.6. The largest absolute Gasteiger partial charge is 0.481 e. The van der Waals surface area contributed by atoms with Crippen LogP contribution >= 0.6 is 0 Å². The fourth-order valence-corrected chi connectivity index (χ4v) is 1.91. The molecule has 1 heterocycles. The average molecular weight is 232 g/mol. The van der Waals surface area contributed by atoms with Crippen LogP contribution in [0, 0.1) is 0 Å². The topological polar surface area (TPSA) is 66.0 Å². The van der Waals surface area contributed by atoms with Gasteiger partial charge in [0, 0.05) is 16.5 Å². The fourth-order valence-electron chi connectivity index (χ4n) is 1.91. The summed E-state index contributed by atoms with van der Waals surface area (Å²) >= 11 is 0. The number of nitrogens with zero attached hydrogens (tertiary/aromatic N) is 1. The molecule has 0 unspecified atom stereocenters. The van der Waals surface area contributed by atoms with Crippen molar-refractivity contribution in [1.82, 2.24) is 10.2 Å². The maximum atomic E-state index is 10.6. The lowest BCUT2D eigenvalue weighted by Crippen LogP contribution is -2.12. The highest BCUT2D eigenvalue weighted by Crippen LogP contribution is 2.28. The summed E-state index contributed by atoms with van der Waals surface area (Å²) in [5.41, 5.74) is 2.68. The molecule has 0 radical (unpaired) electrons. The Hall–Kier alpha value is -1.84. The van der Waals surface area contributed by atoms with Gasteiger partial charge in [0.25, 0.3) is 0 Å². The first-order chi connectivity index (χ1) is 7.88. The number of carboxylic acid groups (broad SMARTS) is 1. The lowest BCUT2D eigenvalue weighted by atomic mass is 9.89. The number of hydrogen-bond donors (Lipinski definition) is 2. The van der Waals surface area contributed by atoms with Crippen molar-refractivity contribution in [2.45, 2.75) is 32.6 Å². The van der Waals surface area contributed by atoms with Crippen LogP contribution in [0.3, 0.4) is 0 Å². The van der Waals surface area contributed by atoms with Gasteiger partial charge in [-0.1, -0.05) is 32.9 Å². The predicted molar refractivity (Wildman–Crippen MR) is 66.1 cm³/mol. The first-order valence-electron chi connectivity index (χ1n) is 5.57. The second-order valence-electron chi connectivity index (χ2n) is 5.27. The van der Waals surface area contributed by atoms with Gasteiger partial charge in [-0.3, -0.25) is 9.89 Å². The van der Waals surface area contributed by atoms with Gasteiger partial charge in [0.2, 0.25) is 0 Å². The van der Waals surface area contributed by atoms with E-state index >= 15 is 0 Å². The summed E-state index contributed by atoms with van der Waals surface area (Å²) in [6.45, 7) is 6.35. The van der Waals surface area contributed by atoms with Crippen LogP contribution in [0.25, 0.3) is 10.9 Å². The van der Waals surface area contributed by atoms with Crippen molar-refractivity contribution in [3.8, 4) is 0 Å². The van der Waals surface area contributed by atoms with Crippen LogP contribution < -0.4 is 0 Å². The molecule has 1 aromatic carbocycles. The molecule has 0 spiro atoms. The minimum atomic E-state index is -0.823. The molecule has 0 aliphatic carbocycles. The zero-order valence-electron chi connectivity index (χ0n) is 10.2. The molecule has 0 amide bonds. The summed E-state index contributed by atoms with van der Waals surface area (Å²) in [4.78, 5) is 10.6. The number of benzene rings is 1. The SMILES string of the molecule is CC(C)(C)c1[nH]nc2cc(CC(=O)O)ccc12. The number of carbonyl (C=O) groups is 1. The van der Waals surface area contributed by atoms with Gasteiger partial charge >= 0.3 is 5.97 Å². The van der Waals surface area contributed by atoms with E-state index in [0.717, 1.165) is 22.2 Å². The number of aliphatic carboxylic acids is 1. The minimum absolute atomic E-state index is 0.00304. The zero-order valence-corrected chi connectivity index (χ0v) is 10.2. The highest BCUT2D eigenvalue weighted by Gasteiger charge is 2.19. The summed E-state index contributed by atoms with van der Waals surface area (Å²) in [6, 6.07) is 5.62. The first-order valence-corrected chi connectivity index (χ1v) is 5.57. The molecular formula is C13H16N2O2. The van der Waals surface area contributed by atoms with Gasteiger partial charge in [0.15, 0.2) is 0 Å². The molecule has 2 N–H and O–H groups in total. The number of aromatic nitrogens is 2. The van der Waals surface area contributed by atoms with E-state index < -0.39 is 5.97 Å². The van der Waals surface area contributed by atoms with Crippen molar-refractivity contribution in [3.05, 3.63) is 29.5 Å². The van der Waals surface area contributed by atoms with Gasteiger partial charge in [0.05, 0.1) is 11.9 Å². The standard InChI is InChI=1S/C13H16N2O2/c1-13(2,3)12-9-5-4-8(7-11(16)17)6-10(9)14-15-12/h4-6H,7H2,1-3H3,(H,14,15)(H,16,17). The summed E-state index contributed by atoms with van der Waals surface area (Å²) < 4.78 is 0. The van der Waals surface area contributed by atoms with Crippen LogP contribution in [-0.4, -0.2) is 21.3 Å². The van der Waals surface area contributed by atoms with Gasteiger partial charge in [-0.05, 0) is 11.6 Å². The second kappa shape index (κ2) is 3.87. The number of fused-ring (bicyclic) bond motifs is 1. The van der Waals surface area contributed by atoms with E-state index in [4.69, 9.17) is 5.11 Å². The van der Waals surface area contributed by atoms with Crippen LogP contribution in [0.2, 0.25) is 0 Å². The molecular weight excluding hydrogens is 216 g/mol. The Kier molecular flexibility index (Phi) is 2.65. The van der Waals surface area contributed by atoms with Gasteiger partial charge in [-0.25, -0.2) is 0 Å². The molecule has 4 heteroatoms. The van der Waals surface area contributed by atoms with Crippen LogP contribution in [-0.2, 0) is 16.6 Å². The number of nitrogens with one attached hydrogen (secondary N) is 1. The number of rotatable bonds is 2. The Morgan fingerprint density at radius 2 is 2.12 bits per heavy atom. The molecule has 0 saturated carbocycles. The maximum absolute atomic E-state index is 10.6. The van der Waals surface area contributed by atoms with E-state index in [2.05, 4.69) is 31.0 Å². The molecule has 1 aromatic heterocycles. The third-order valence-corrected chi connectivity index (χ3v) is 2.72. The number of aromatic amines is 1. The molecule has 2 rings (SSSR count). The van der Waals surface area contributed by atoms with Crippen LogP contribution in [0.4, 0.5) is 0 Å². The van der Waals surface area contributed by atoms with Gasteiger partial charge in [-0.15, -0.1) is 0 Å². The van der Waals surface area contributed by atoms with E-state index in [1.54, 1.807) is 0 Å². The van der Waals surface area contributed by atoms with E-state index in [9.17, 15) is 4.79 Å². The lowest BCUT2D eigenvalue weighted by Gasteiger charge is -2.16. The van der Waals surface area contributed by atoms with Gasteiger partial charge < -0.3 is 5.11 Å². The quantitative estimate of drug-likeness (QED) is 0.836. The third-order valence-electron chi connectivity index (χ3n) is 2.72. The molecule has 0 bridgehead atoms. The second-order valence-corrected chi connectivity index (χ2v) is 5.27. The number of hydrogen-bond acceptors (Lipinski definition) is 2. The monoisotopic (exact) mass is 232 g/mol. The molecule has 0 aliphatic rings. The van der Waals surface area contributed by atoms with Crippen LogP contribution in [0.15, 0.2) is 18.2 Å². The molecule has 17 heavy (non-hydrogen) atoms. The smallest absolute Gasteiger partial charge is 0.307 e. The fraction of sp³-hybridized carbons (Fsp3) is 0.385. The van der Waals surface area contributed by atoms with Crippen molar-refractivity contribution in [3.63, 3.8) is 0 Å². The summed E-state index contributed by atoms with van der Waals surface area (Å²) in [5, 5.41) is 17.1. The van der Waals surface area contributed by atoms with E-state index in [1.807, 2.05) is 18.2 Å². The third kappa shape index (κ3) is 2.30. The van der Waals surface area contributed by atoms with Crippen molar-refractivity contribution in [2.24, 2.45) is 0 Å². The number of H-pyrrole nitrogens is 1. The molecule has 90 valence electrons. The Labute approximate surface area is 99.7 Å². The Morgan fingerprint density at radius 1 is 1.41 bits per heavy atom. The van der Waals surface area contributed by atoms with E-state index in [0.29, 0.717) is 0 Å². The lowest BCUT2D eigenvalue weighted by molar-refractivity contribution is -0.136. The molecule has 0 saturated heterocycles. The highest BCUT2D eigenvalue weighted by molar-refractivity contribution is 5.84. The Bertz CT molecular complexity index is 564. The summed E-state index contributed by atoms with van der Waals surface area (Å²) in [5.74, 6) is -0.823. The van der Waals surface area contributed by atoms with Gasteiger partial charge in [0.1, 0.15) is 0 Å². The minimum Gasteiger partial charge on any atom is -0.481 e. The van der Waals surface area contributed by atoms with Crippen molar-refractivity contribution >= 4 is 16.9 Å². The Morgan fingerprint density at radius 3 is 2.71 bits per heavy atom. The number of carboxylic acids is 1. The van der Waals surface area contributed by atoms with Crippen molar-refractivity contribution in [2.75, 3.05) is 0 Å². The van der Waals surface area contributed by atoms with E-state index in [1.165, 1.54) is 0 Å². The van der Waals surface area contributed by atoms with Crippen molar-refractivity contribution in [1.29, 1.82) is 0 Å². The molecule has 0 fully saturated rings. The normalized spacial score (nSPS) is 11.9. The van der Waals surface area contributed by atoms with Crippen LogP contribution in [0.5, 0.6) is 0 Å². The molecule has 0 aliphatic heterocycles. The molecule has 4 nitrogen and oxygen atoms in total. The first kappa shape index (κ1) is 11.6. The van der Waals surface area contributed by atoms with Crippen LogP contribution in [0.1, 0.15) is 32.0 Å².